The maximum Gasteiger partial charge on any atom is 0.259 e. The second-order valence-electron chi connectivity index (χ2n) is 6.07. The summed E-state index contributed by atoms with van der Waals surface area (Å²) in [6.07, 6.45) is 2.54. The lowest BCUT2D eigenvalue weighted by molar-refractivity contribution is 0.332. The fraction of sp³-hybridized carbons (Fsp3) is 0.263. The van der Waals surface area contributed by atoms with Gasteiger partial charge in [-0.05, 0) is 43.6 Å². The lowest BCUT2D eigenvalue weighted by Crippen LogP contribution is -2.19. The third-order valence-electron chi connectivity index (χ3n) is 4.48. The van der Waals surface area contributed by atoms with Gasteiger partial charge in [0.25, 0.3) is 5.56 Å². The Hall–Kier alpha value is -2.46. The Morgan fingerprint density at radius 3 is 2.61 bits per heavy atom. The second kappa shape index (κ2) is 5.97. The molecule has 0 radical (unpaired) electrons. The minimum Gasteiger partial charge on any atom is -0.306 e. The lowest BCUT2D eigenvalue weighted by atomic mass is 10.1. The molecule has 1 N–H and O–H groups in total. The maximum absolute atomic E-state index is 12.3. The van der Waals surface area contributed by atoms with Crippen molar-refractivity contribution in [2.45, 2.75) is 19.4 Å². The molecule has 0 unspecified atom stereocenters. The molecule has 0 bridgehead atoms. The van der Waals surface area contributed by atoms with Gasteiger partial charge >= 0.3 is 0 Å². The number of nitrogens with one attached hydrogen (secondary N) is 1. The van der Waals surface area contributed by atoms with Crippen molar-refractivity contribution in [1.29, 1.82) is 0 Å². The van der Waals surface area contributed by atoms with Crippen molar-refractivity contribution in [1.82, 2.24) is 14.9 Å². The number of benzene rings is 2. The van der Waals surface area contributed by atoms with E-state index in [0.29, 0.717) is 11.2 Å². The molecule has 1 aliphatic heterocycles. The smallest absolute Gasteiger partial charge is 0.259 e. The molecule has 0 amide bonds. The van der Waals surface area contributed by atoms with Crippen molar-refractivity contribution in [3.05, 3.63) is 64.4 Å². The van der Waals surface area contributed by atoms with E-state index in [4.69, 9.17) is 0 Å². The molecular formula is C19H19N3O. The third-order valence-corrected chi connectivity index (χ3v) is 4.48. The zero-order valence-corrected chi connectivity index (χ0v) is 13.0. The Labute approximate surface area is 134 Å². The van der Waals surface area contributed by atoms with Crippen LogP contribution in [0.3, 0.4) is 0 Å². The van der Waals surface area contributed by atoms with Gasteiger partial charge in [0, 0.05) is 12.1 Å². The molecule has 4 nitrogen and oxygen atoms in total. The minimum atomic E-state index is -0.0819. The molecular weight excluding hydrogens is 286 g/mol. The van der Waals surface area contributed by atoms with E-state index in [1.54, 1.807) is 6.07 Å². The summed E-state index contributed by atoms with van der Waals surface area (Å²) in [5, 5.41) is 0.633. The summed E-state index contributed by atoms with van der Waals surface area (Å²) >= 11 is 0. The van der Waals surface area contributed by atoms with Gasteiger partial charge in [-0.3, -0.25) is 9.69 Å². The van der Waals surface area contributed by atoms with Crippen LogP contribution < -0.4 is 5.56 Å². The number of hydrogen-bond donors (Lipinski definition) is 1. The molecule has 1 aromatic heterocycles. The fourth-order valence-corrected chi connectivity index (χ4v) is 3.28. The molecule has 0 aliphatic carbocycles. The number of aromatic amines is 1. The fourth-order valence-electron chi connectivity index (χ4n) is 3.28. The van der Waals surface area contributed by atoms with Crippen LogP contribution in [0, 0.1) is 0 Å². The van der Waals surface area contributed by atoms with Gasteiger partial charge in [-0.15, -0.1) is 0 Å². The first-order valence-electron chi connectivity index (χ1n) is 8.11. The first kappa shape index (κ1) is 14.2. The molecule has 3 aromatic rings. The lowest BCUT2D eigenvalue weighted by Gasteiger charge is -2.17. The average Bonchev–Trinajstić information content (AvgIpc) is 3.08. The number of para-hydroxylation sites is 1. The van der Waals surface area contributed by atoms with Crippen molar-refractivity contribution in [2.24, 2.45) is 0 Å². The summed E-state index contributed by atoms with van der Waals surface area (Å²) in [5.41, 5.74) is 2.89. The molecule has 23 heavy (non-hydrogen) atoms. The van der Waals surface area contributed by atoms with E-state index in [1.807, 2.05) is 36.4 Å². The van der Waals surface area contributed by atoms with Gasteiger partial charge in [0.2, 0.25) is 0 Å². The first-order valence-corrected chi connectivity index (χ1v) is 8.11. The summed E-state index contributed by atoms with van der Waals surface area (Å²) in [7, 11) is 0. The average molecular weight is 305 g/mol. The summed E-state index contributed by atoms with van der Waals surface area (Å²) in [6, 6.07) is 15.7. The van der Waals surface area contributed by atoms with Crippen LogP contribution in [0.15, 0.2) is 53.3 Å². The van der Waals surface area contributed by atoms with Crippen LogP contribution in [0.25, 0.3) is 22.3 Å². The Bertz CT molecular complexity index is 894. The number of hydrogen-bond acceptors (Lipinski definition) is 3. The van der Waals surface area contributed by atoms with Gasteiger partial charge in [-0.25, -0.2) is 4.98 Å². The van der Waals surface area contributed by atoms with Crippen LogP contribution in [0.2, 0.25) is 0 Å². The maximum atomic E-state index is 12.3. The molecule has 116 valence electrons. The number of likely N-dealkylation sites (tertiary alicyclic amines) is 1. The topological polar surface area (TPSA) is 49.0 Å². The van der Waals surface area contributed by atoms with Crippen LogP contribution in [-0.2, 0) is 6.54 Å². The van der Waals surface area contributed by atoms with Crippen molar-refractivity contribution in [3.63, 3.8) is 0 Å². The molecule has 1 saturated heterocycles. The summed E-state index contributed by atoms with van der Waals surface area (Å²) in [4.78, 5) is 22.4. The van der Waals surface area contributed by atoms with Crippen LogP contribution in [0.1, 0.15) is 18.4 Å². The van der Waals surface area contributed by atoms with Gasteiger partial charge in [-0.1, -0.05) is 36.4 Å². The van der Waals surface area contributed by atoms with E-state index < -0.39 is 0 Å². The monoisotopic (exact) mass is 305 g/mol. The molecule has 0 atom stereocenters. The van der Waals surface area contributed by atoms with E-state index in [0.717, 1.165) is 30.7 Å². The number of aromatic nitrogens is 2. The van der Waals surface area contributed by atoms with Crippen molar-refractivity contribution in [2.75, 3.05) is 13.1 Å². The van der Waals surface area contributed by atoms with E-state index in [-0.39, 0.29) is 5.56 Å². The molecule has 0 saturated carbocycles. The number of nitrogens with zero attached hydrogens (tertiary/aromatic N) is 2. The summed E-state index contributed by atoms with van der Waals surface area (Å²) < 4.78 is 0. The first-order chi connectivity index (χ1) is 11.3. The van der Waals surface area contributed by atoms with Crippen LogP contribution in [0.5, 0.6) is 0 Å². The standard InChI is InChI=1S/C19H19N3O/c23-19-16-9-3-4-10-17(16)20-18(21-19)15-8-2-1-7-14(15)13-22-11-5-6-12-22/h1-4,7-10H,5-6,11-13H2,(H,20,21,23). The quantitative estimate of drug-likeness (QED) is 0.808. The predicted molar refractivity (Wildman–Crippen MR) is 92.3 cm³/mol. The molecule has 2 heterocycles. The van der Waals surface area contributed by atoms with Gasteiger partial charge in [0.05, 0.1) is 10.9 Å². The SMILES string of the molecule is O=c1[nH]c(-c2ccccc2CN2CCCC2)nc2ccccc12. The predicted octanol–water partition coefficient (Wildman–Crippen LogP) is 3.19. The zero-order valence-electron chi connectivity index (χ0n) is 13.0. The second-order valence-corrected chi connectivity index (χ2v) is 6.07. The third kappa shape index (κ3) is 2.78. The van der Waals surface area contributed by atoms with Crippen molar-refractivity contribution in [3.8, 4) is 11.4 Å². The van der Waals surface area contributed by atoms with Gasteiger partial charge in [0.1, 0.15) is 5.82 Å². The van der Waals surface area contributed by atoms with Crippen molar-refractivity contribution >= 4 is 10.9 Å². The summed E-state index contributed by atoms with van der Waals surface area (Å²) in [5.74, 6) is 0.656. The highest BCUT2D eigenvalue weighted by Gasteiger charge is 2.15. The van der Waals surface area contributed by atoms with E-state index in [1.165, 1.54) is 18.4 Å². The van der Waals surface area contributed by atoms with Crippen LogP contribution >= 0.6 is 0 Å². The molecule has 1 fully saturated rings. The van der Waals surface area contributed by atoms with Crippen molar-refractivity contribution < 1.29 is 0 Å². The molecule has 4 heteroatoms. The number of H-pyrrole nitrogens is 1. The summed E-state index contributed by atoms with van der Waals surface area (Å²) in [6.45, 7) is 3.21. The van der Waals surface area contributed by atoms with E-state index in [2.05, 4.69) is 20.9 Å². The highest BCUT2D eigenvalue weighted by molar-refractivity contribution is 5.79. The van der Waals surface area contributed by atoms with E-state index in [9.17, 15) is 4.79 Å². The Morgan fingerprint density at radius 2 is 1.74 bits per heavy atom. The highest BCUT2D eigenvalue weighted by atomic mass is 16.1. The minimum absolute atomic E-state index is 0.0819. The van der Waals surface area contributed by atoms with Crippen LogP contribution in [-0.4, -0.2) is 28.0 Å². The highest BCUT2D eigenvalue weighted by Crippen LogP contribution is 2.23. The zero-order chi connectivity index (χ0) is 15.6. The number of rotatable bonds is 3. The van der Waals surface area contributed by atoms with E-state index >= 15 is 0 Å². The molecule has 1 aliphatic rings. The largest absolute Gasteiger partial charge is 0.306 e. The normalized spacial score (nSPS) is 15.3. The molecule has 4 rings (SSSR count). The number of fused-ring (bicyclic) bond motifs is 1. The van der Waals surface area contributed by atoms with Gasteiger partial charge in [-0.2, -0.15) is 0 Å². The molecule has 2 aromatic carbocycles. The Balaban J connectivity index is 1.79. The van der Waals surface area contributed by atoms with Gasteiger partial charge in [0.15, 0.2) is 0 Å². The van der Waals surface area contributed by atoms with Crippen LogP contribution in [0.4, 0.5) is 0 Å². The molecule has 0 spiro atoms. The Morgan fingerprint density at radius 1 is 1.00 bits per heavy atom. The Kier molecular flexibility index (Phi) is 3.67. The van der Waals surface area contributed by atoms with Gasteiger partial charge < -0.3 is 4.98 Å².